The Morgan fingerprint density at radius 2 is 1.30 bits per heavy atom. The lowest BCUT2D eigenvalue weighted by molar-refractivity contribution is -0.0520. The van der Waals surface area contributed by atoms with Gasteiger partial charge in [0.05, 0.1) is 6.26 Å². The second-order valence-electron chi connectivity index (χ2n) is 6.62. The van der Waals surface area contributed by atoms with Gasteiger partial charge in [0.1, 0.15) is 5.60 Å². The lowest BCUT2D eigenvalue weighted by atomic mass is 9.78. The van der Waals surface area contributed by atoms with Gasteiger partial charge in [-0.3, -0.25) is 0 Å². The normalized spacial score (nSPS) is 17.7. The van der Waals surface area contributed by atoms with Crippen LogP contribution in [0.1, 0.15) is 28.7 Å². The Kier molecular flexibility index (Phi) is 3.80. The standard InChI is InChI=1S/C24H19NO2/c1-3-10-18(11-4-1)24(19-12-5-2-6-13-19)20-14-7-8-15-21(20)25-23(27-24)22-16-9-17-26-22/h1-17,23,25H. The van der Waals surface area contributed by atoms with Crippen LogP contribution in [0.3, 0.4) is 0 Å². The van der Waals surface area contributed by atoms with E-state index in [4.69, 9.17) is 9.15 Å². The van der Waals surface area contributed by atoms with Crippen LogP contribution in [-0.4, -0.2) is 0 Å². The summed E-state index contributed by atoms with van der Waals surface area (Å²) in [5, 5.41) is 3.48. The second-order valence-corrected chi connectivity index (χ2v) is 6.62. The molecule has 3 aromatic carbocycles. The Bertz CT molecular complexity index is 987. The molecule has 5 rings (SSSR count). The first-order chi connectivity index (χ1) is 13.4. The maximum absolute atomic E-state index is 6.81. The third kappa shape index (κ3) is 2.56. The molecule has 0 saturated carbocycles. The number of para-hydroxylation sites is 1. The summed E-state index contributed by atoms with van der Waals surface area (Å²) in [6, 6.07) is 32.9. The van der Waals surface area contributed by atoms with Crippen molar-refractivity contribution in [1.82, 2.24) is 0 Å². The molecular formula is C24H19NO2. The van der Waals surface area contributed by atoms with Crippen molar-refractivity contribution < 1.29 is 9.15 Å². The van der Waals surface area contributed by atoms with E-state index in [1.165, 1.54) is 0 Å². The minimum Gasteiger partial charge on any atom is -0.465 e. The topological polar surface area (TPSA) is 34.4 Å². The molecule has 0 bridgehead atoms. The number of ether oxygens (including phenoxy) is 1. The first-order valence-corrected chi connectivity index (χ1v) is 9.06. The van der Waals surface area contributed by atoms with E-state index in [2.05, 4.69) is 72.0 Å². The molecule has 1 N–H and O–H groups in total. The third-order valence-corrected chi connectivity index (χ3v) is 5.05. The van der Waals surface area contributed by atoms with Gasteiger partial charge in [0.2, 0.25) is 0 Å². The van der Waals surface area contributed by atoms with Gasteiger partial charge in [-0.25, -0.2) is 0 Å². The van der Waals surface area contributed by atoms with Gasteiger partial charge in [0.15, 0.2) is 12.0 Å². The van der Waals surface area contributed by atoms with E-state index in [-0.39, 0.29) is 0 Å². The predicted molar refractivity (Wildman–Crippen MR) is 105 cm³/mol. The van der Waals surface area contributed by atoms with Gasteiger partial charge in [-0.15, -0.1) is 0 Å². The second kappa shape index (κ2) is 6.45. The maximum Gasteiger partial charge on any atom is 0.188 e. The average Bonchev–Trinajstić information content (AvgIpc) is 3.29. The first kappa shape index (κ1) is 15.9. The molecule has 3 nitrogen and oxygen atoms in total. The van der Waals surface area contributed by atoms with Gasteiger partial charge in [0, 0.05) is 11.3 Å². The van der Waals surface area contributed by atoms with Crippen LogP contribution in [0.25, 0.3) is 0 Å². The molecule has 1 aromatic heterocycles. The molecule has 0 saturated heterocycles. The maximum atomic E-state index is 6.81. The number of anilines is 1. The molecular weight excluding hydrogens is 334 g/mol. The van der Waals surface area contributed by atoms with Crippen molar-refractivity contribution in [2.24, 2.45) is 0 Å². The lowest BCUT2D eigenvalue weighted by Crippen LogP contribution is -2.40. The zero-order valence-electron chi connectivity index (χ0n) is 14.7. The molecule has 0 amide bonds. The molecule has 0 radical (unpaired) electrons. The van der Waals surface area contributed by atoms with Crippen molar-refractivity contribution in [2.45, 2.75) is 11.8 Å². The summed E-state index contributed by atoms with van der Waals surface area (Å²) in [6.07, 6.45) is 1.28. The van der Waals surface area contributed by atoms with E-state index in [1.54, 1.807) is 6.26 Å². The summed E-state index contributed by atoms with van der Waals surface area (Å²) >= 11 is 0. The molecule has 1 unspecified atom stereocenters. The van der Waals surface area contributed by atoms with E-state index in [0.717, 1.165) is 28.1 Å². The summed E-state index contributed by atoms with van der Waals surface area (Å²) < 4.78 is 12.5. The highest BCUT2D eigenvalue weighted by atomic mass is 16.5. The predicted octanol–water partition coefficient (Wildman–Crippen LogP) is 5.71. The highest BCUT2D eigenvalue weighted by Gasteiger charge is 2.45. The van der Waals surface area contributed by atoms with Gasteiger partial charge in [-0.1, -0.05) is 78.9 Å². The fourth-order valence-corrected chi connectivity index (χ4v) is 3.86. The van der Waals surface area contributed by atoms with Crippen molar-refractivity contribution in [3.05, 3.63) is 126 Å². The highest BCUT2D eigenvalue weighted by Crippen LogP contribution is 2.49. The molecule has 0 spiro atoms. The Morgan fingerprint density at radius 1 is 0.667 bits per heavy atom. The molecule has 1 aliphatic rings. The Balaban J connectivity index is 1.80. The zero-order chi connectivity index (χ0) is 18.1. The zero-order valence-corrected chi connectivity index (χ0v) is 14.7. The number of hydrogen-bond acceptors (Lipinski definition) is 3. The van der Waals surface area contributed by atoms with Crippen molar-refractivity contribution in [3.63, 3.8) is 0 Å². The molecule has 1 atom stereocenters. The van der Waals surface area contributed by atoms with Crippen molar-refractivity contribution in [2.75, 3.05) is 5.32 Å². The minimum atomic E-state index is -0.734. The van der Waals surface area contributed by atoms with E-state index >= 15 is 0 Å². The number of hydrogen-bond donors (Lipinski definition) is 1. The fourth-order valence-electron chi connectivity index (χ4n) is 3.86. The average molecular weight is 353 g/mol. The van der Waals surface area contributed by atoms with Crippen LogP contribution in [0.5, 0.6) is 0 Å². The number of rotatable bonds is 3. The summed E-state index contributed by atoms with van der Waals surface area (Å²) in [5.41, 5.74) is 3.56. The molecule has 0 aliphatic carbocycles. The smallest absolute Gasteiger partial charge is 0.188 e. The SMILES string of the molecule is c1ccc(C2(c3ccccc3)OC(c3ccco3)Nc3ccccc32)cc1. The third-order valence-electron chi connectivity index (χ3n) is 5.05. The molecule has 3 heteroatoms. The molecule has 27 heavy (non-hydrogen) atoms. The van der Waals surface area contributed by atoms with Gasteiger partial charge in [-0.05, 0) is 29.3 Å². The van der Waals surface area contributed by atoms with Gasteiger partial charge >= 0.3 is 0 Å². The van der Waals surface area contributed by atoms with Crippen molar-refractivity contribution in [1.29, 1.82) is 0 Å². The van der Waals surface area contributed by atoms with Gasteiger partial charge in [0.25, 0.3) is 0 Å². The number of benzene rings is 3. The van der Waals surface area contributed by atoms with Crippen LogP contribution in [0.2, 0.25) is 0 Å². The molecule has 0 fully saturated rings. The fraction of sp³-hybridized carbons (Fsp3) is 0.0833. The quantitative estimate of drug-likeness (QED) is 0.512. The lowest BCUT2D eigenvalue weighted by Gasteiger charge is -2.43. The van der Waals surface area contributed by atoms with Crippen LogP contribution in [0.4, 0.5) is 5.69 Å². The molecule has 132 valence electrons. The van der Waals surface area contributed by atoms with E-state index < -0.39 is 11.8 Å². The van der Waals surface area contributed by atoms with Gasteiger partial charge < -0.3 is 14.5 Å². The van der Waals surface area contributed by atoms with E-state index in [1.807, 2.05) is 30.3 Å². The Hall–Kier alpha value is -3.30. The highest BCUT2D eigenvalue weighted by molar-refractivity contribution is 5.63. The Morgan fingerprint density at radius 3 is 1.93 bits per heavy atom. The summed E-state index contributed by atoms with van der Waals surface area (Å²) in [6.45, 7) is 0. The molecule has 4 aromatic rings. The minimum absolute atomic E-state index is 0.393. The summed E-state index contributed by atoms with van der Waals surface area (Å²) in [5.74, 6) is 0.751. The first-order valence-electron chi connectivity index (χ1n) is 9.06. The van der Waals surface area contributed by atoms with Crippen LogP contribution in [0.15, 0.2) is 108 Å². The van der Waals surface area contributed by atoms with Crippen molar-refractivity contribution >= 4 is 5.69 Å². The number of nitrogens with one attached hydrogen (secondary N) is 1. The largest absolute Gasteiger partial charge is 0.465 e. The van der Waals surface area contributed by atoms with Crippen LogP contribution in [-0.2, 0) is 10.3 Å². The monoisotopic (exact) mass is 353 g/mol. The van der Waals surface area contributed by atoms with Crippen LogP contribution >= 0.6 is 0 Å². The molecule has 1 aliphatic heterocycles. The van der Waals surface area contributed by atoms with E-state index in [9.17, 15) is 0 Å². The number of fused-ring (bicyclic) bond motifs is 1. The summed E-state index contributed by atoms with van der Waals surface area (Å²) in [4.78, 5) is 0. The Labute approximate surface area is 158 Å². The summed E-state index contributed by atoms with van der Waals surface area (Å²) in [7, 11) is 0. The van der Waals surface area contributed by atoms with Crippen molar-refractivity contribution in [3.8, 4) is 0 Å². The number of furan rings is 1. The van der Waals surface area contributed by atoms with Gasteiger partial charge in [-0.2, -0.15) is 0 Å². The van der Waals surface area contributed by atoms with Crippen LogP contribution < -0.4 is 5.32 Å². The van der Waals surface area contributed by atoms with E-state index in [0.29, 0.717) is 0 Å². The van der Waals surface area contributed by atoms with Crippen LogP contribution in [0, 0.1) is 0 Å². The molecule has 2 heterocycles.